The van der Waals surface area contributed by atoms with Gasteiger partial charge in [-0.25, -0.2) is 4.98 Å². The van der Waals surface area contributed by atoms with E-state index < -0.39 is 0 Å². The smallest absolute Gasteiger partial charge is 0.277 e. The van der Waals surface area contributed by atoms with E-state index in [1.165, 1.54) is 11.8 Å². The molecule has 148 valence electrons. The summed E-state index contributed by atoms with van der Waals surface area (Å²) in [6.07, 6.45) is 0. The van der Waals surface area contributed by atoms with Gasteiger partial charge in [-0.2, -0.15) is 0 Å². The van der Waals surface area contributed by atoms with E-state index in [1.807, 2.05) is 35.7 Å². The molecule has 4 rings (SSSR count). The van der Waals surface area contributed by atoms with E-state index in [-0.39, 0.29) is 0 Å². The quantitative estimate of drug-likeness (QED) is 0.332. The third-order valence-electron chi connectivity index (χ3n) is 4.02. The van der Waals surface area contributed by atoms with E-state index in [2.05, 4.69) is 10.2 Å². The molecule has 0 atom stereocenters. The molecule has 0 bridgehead atoms. The minimum absolute atomic E-state index is 0.466. The van der Waals surface area contributed by atoms with Crippen molar-refractivity contribution in [1.29, 1.82) is 0 Å². The second kappa shape index (κ2) is 8.86. The van der Waals surface area contributed by atoms with Gasteiger partial charge in [-0.05, 0) is 42.5 Å². The van der Waals surface area contributed by atoms with Crippen molar-refractivity contribution in [3.63, 3.8) is 0 Å². The standard InChI is InChI=1S/C20H16ClN3O3S2/c1-25-16-8-5-13(9-17(16)26-2)19-22-15(10-28-19)11-29-20-24-23-18(27-20)12-3-6-14(21)7-4-12/h3-10H,11H2,1-2H3. The van der Waals surface area contributed by atoms with Crippen LogP contribution in [0.3, 0.4) is 0 Å². The second-order valence-electron chi connectivity index (χ2n) is 5.88. The van der Waals surface area contributed by atoms with Crippen molar-refractivity contribution in [2.45, 2.75) is 11.0 Å². The fourth-order valence-corrected chi connectivity index (χ4v) is 4.29. The molecular formula is C20H16ClN3O3S2. The van der Waals surface area contributed by atoms with Crippen molar-refractivity contribution in [1.82, 2.24) is 15.2 Å². The Morgan fingerprint density at radius 3 is 2.52 bits per heavy atom. The third-order valence-corrected chi connectivity index (χ3v) is 6.07. The first kappa shape index (κ1) is 19.8. The third kappa shape index (κ3) is 4.55. The van der Waals surface area contributed by atoms with Gasteiger partial charge in [0.15, 0.2) is 11.5 Å². The SMILES string of the molecule is COc1ccc(-c2nc(CSc3nnc(-c4ccc(Cl)cc4)o3)cs2)cc1OC. The number of aromatic nitrogens is 3. The van der Waals surface area contributed by atoms with Crippen LogP contribution in [0.1, 0.15) is 5.69 Å². The van der Waals surface area contributed by atoms with Gasteiger partial charge in [0.2, 0.25) is 5.89 Å². The van der Waals surface area contributed by atoms with Gasteiger partial charge in [0.25, 0.3) is 5.22 Å². The highest BCUT2D eigenvalue weighted by molar-refractivity contribution is 7.98. The van der Waals surface area contributed by atoms with Crippen LogP contribution in [-0.2, 0) is 5.75 Å². The molecule has 0 N–H and O–H groups in total. The minimum atomic E-state index is 0.466. The molecule has 6 nitrogen and oxygen atoms in total. The summed E-state index contributed by atoms with van der Waals surface area (Å²) in [7, 11) is 3.24. The predicted octanol–water partition coefficient (Wildman–Crippen LogP) is 5.82. The summed E-state index contributed by atoms with van der Waals surface area (Å²) in [6, 6.07) is 13.0. The fraction of sp³-hybridized carbons (Fsp3) is 0.150. The molecule has 29 heavy (non-hydrogen) atoms. The van der Waals surface area contributed by atoms with Crippen molar-refractivity contribution in [3.05, 3.63) is 58.6 Å². The van der Waals surface area contributed by atoms with Crippen LogP contribution in [0.4, 0.5) is 0 Å². The van der Waals surface area contributed by atoms with Gasteiger partial charge >= 0.3 is 0 Å². The second-order valence-corrected chi connectivity index (χ2v) is 8.10. The van der Waals surface area contributed by atoms with Gasteiger partial charge in [-0.3, -0.25) is 0 Å². The van der Waals surface area contributed by atoms with Crippen LogP contribution in [-0.4, -0.2) is 29.4 Å². The maximum atomic E-state index is 5.91. The molecule has 0 radical (unpaired) electrons. The lowest BCUT2D eigenvalue weighted by Gasteiger charge is -2.08. The van der Waals surface area contributed by atoms with E-state index in [1.54, 1.807) is 37.7 Å². The minimum Gasteiger partial charge on any atom is -0.493 e. The van der Waals surface area contributed by atoms with E-state index >= 15 is 0 Å². The molecule has 9 heteroatoms. The highest BCUT2D eigenvalue weighted by Gasteiger charge is 2.12. The van der Waals surface area contributed by atoms with Gasteiger partial charge in [0.05, 0.1) is 19.9 Å². The fourth-order valence-electron chi connectivity index (χ4n) is 2.59. The molecule has 0 unspecified atom stereocenters. The van der Waals surface area contributed by atoms with E-state index in [9.17, 15) is 0 Å². The molecule has 4 aromatic rings. The summed E-state index contributed by atoms with van der Waals surface area (Å²) in [5, 5.41) is 12.3. The lowest BCUT2D eigenvalue weighted by molar-refractivity contribution is 0.355. The van der Waals surface area contributed by atoms with E-state index in [4.69, 9.17) is 30.5 Å². The summed E-state index contributed by atoms with van der Waals surface area (Å²) < 4.78 is 16.4. The number of rotatable bonds is 7. The van der Waals surface area contributed by atoms with Crippen molar-refractivity contribution in [2.75, 3.05) is 14.2 Å². The van der Waals surface area contributed by atoms with Gasteiger partial charge in [0.1, 0.15) is 5.01 Å². The Labute approximate surface area is 180 Å². The van der Waals surface area contributed by atoms with Crippen LogP contribution in [0, 0.1) is 0 Å². The van der Waals surface area contributed by atoms with Gasteiger partial charge < -0.3 is 13.9 Å². The van der Waals surface area contributed by atoms with E-state index in [0.29, 0.717) is 33.4 Å². The number of hydrogen-bond donors (Lipinski definition) is 0. The Bertz CT molecular complexity index is 1110. The Morgan fingerprint density at radius 1 is 1.00 bits per heavy atom. The van der Waals surface area contributed by atoms with Crippen LogP contribution in [0.2, 0.25) is 5.02 Å². The number of methoxy groups -OCH3 is 2. The largest absolute Gasteiger partial charge is 0.493 e. The lowest BCUT2D eigenvalue weighted by Crippen LogP contribution is -1.90. The zero-order valence-corrected chi connectivity index (χ0v) is 18.0. The lowest BCUT2D eigenvalue weighted by atomic mass is 10.2. The van der Waals surface area contributed by atoms with Crippen LogP contribution < -0.4 is 9.47 Å². The Hall–Kier alpha value is -2.55. The normalized spacial score (nSPS) is 10.9. The van der Waals surface area contributed by atoms with Gasteiger partial charge in [-0.15, -0.1) is 21.5 Å². The van der Waals surface area contributed by atoms with Crippen molar-refractivity contribution in [2.24, 2.45) is 0 Å². The Kier molecular flexibility index (Phi) is 6.03. The van der Waals surface area contributed by atoms with Crippen LogP contribution in [0.15, 0.2) is 57.5 Å². The first-order chi connectivity index (χ1) is 14.2. The number of halogens is 1. The topological polar surface area (TPSA) is 70.3 Å². The molecule has 0 fully saturated rings. The van der Waals surface area contributed by atoms with Crippen molar-refractivity contribution >= 4 is 34.7 Å². The average Bonchev–Trinajstić information content (AvgIpc) is 3.42. The van der Waals surface area contributed by atoms with Gasteiger partial charge in [0, 0.05) is 27.3 Å². The summed E-state index contributed by atoms with van der Waals surface area (Å²) in [6.45, 7) is 0. The molecular weight excluding hydrogens is 430 g/mol. The molecule has 2 aromatic carbocycles. The maximum Gasteiger partial charge on any atom is 0.277 e. The molecule has 0 spiro atoms. The first-order valence-electron chi connectivity index (χ1n) is 8.55. The summed E-state index contributed by atoms with van der Waals surface area (Å²) in [4.78, 5) is 4.70. The summed E-state index contributed by atoms with van der Waals surface area (Å²) in [5.41, 5.74) is 2.75. The predicted molar refractivity (Wildman–Crippen MR) is 115 cm³/mol. The number of thiazole rings is 1. The highest BCUT2D eigenvalue weighted by atomic mass is 35.5. The molecule has 0 aliphatic carbocycles. The Balaban J connectivity index is 1.43. The average molecular weight is 446 g/mol. The number of hydrogen-bond acceptors (Lipinski definition) is 8. The molecule has 0 amide bonds. The zero-order valence-electron chi connectivity index (χ0n) is 15.6. The summed E-state index contributed by atoms with van der Waals surface area (Å²) >= 11 is 8.93. The number of ether oxygens (including phenoxy) is 2. The van der Waals surface area contributed by atoms with Gasteiger partial charge in [-0.1, -0.05) is 23.4 Å². The summed E-state index contributed by atoms with van der Waals surface area (Å²) in [5.74, 6) is 2.47. The van der Waals surface area contributed by atoms with Crippen molar-refractivity contribution in [3.8, 4) is 33.5 Å². The number of thioether (sulfide) groups is 1. The maximum absolute atomic E-state index is 5.91. The van der Waals surface area contributed by atoms with Crippen LogP contribution in [0.5, 0.6) is 11.5 Å². The molecule has 0 aliphatic heterocycles. The highest BCUT2D eigenvalue weighted by Crippen LogP contribution is 2.34. The molecule has 2 heterocycles. The molecule has 0 saturated heterocycles. The molecule has 2 aromatic heterocycles. The van der Waals surface area contributed by atoms with E-state index in [0.717, 1.165) is 21.8 Å². The van der Waals surface area contributed by atoms with Crippen LogP contribution >= 0.6 is 34.7 Å². The number of benzene rings is 2. The van der Waals surface area contributed by atoms with Crippen LogP contribution in [0.25, 0.3) is 22.0 Å². The monoisotopic (exact) mass is 445 g/mol. The molecule has 0 saturated carbocycles. The first-order valence-corrected chi connectivity index (χ1v) is 10.8. The van der Waals surface area contributed by atoms with Crippen molar-refractivity contribution < 1.29 is 13.9 Å². The Morgan fingerprint density at radius 2 is 1.76 bits per heavy atom. The molecule has 0 aliphatic rings. The number of nitrogens with zero attached hydrogens (tertiary/aromatic N) is 3. The zero-order chi connectivity index (χ0) is 20.2.